The molecule has 0 aliphatic heterocycles. The standard InChI is InChI=1S/C8H15NO3S/c1-2-3-4-12-8(11)6-13-5-7(9)10/h2-6H2,1H3,(H2,9,10). The van der Waals surface area contributed by atoms with Crippen LogP contribution in [-0.4, -0.2) is 30.0 Å². The Kier molecular flexibility index (Phi) is 7.48. The largest absolute Gasteiger partial charge is 0.465 e. The number of hydrogen-bond donors (Lipinski definition) is 1. The third-order valence-corrected chi connectivity index (χ3v) is 2.15. The first-order valence-corrected chi connectivity index (χ1v) is 5.34. The van der Waals surface area contributed by atoms with Gasteiger partial charge in [-0.05, 0) is 6.42 Å². The molecular weight excluding hydrogens is 190 g/mol. The van der Waals surface area contributed by atoms with Crippen LogP contribution < -0.4 is 5.73 Å². The van der Waals surface area contributed by atoms with E-state index in [9.17, 15) is 9.59 Å². The van der Waals surface area contributed by atoms with Crippen LogP contribution in [0.5, 0.6) is 0 Å². The van der Waals surface area contributed by atoms with Gasteiger partial charge < -0.3 is 10.5 Å². The summed E-state index contributed by atoms with van der Waals surface area (Å²) in [4.78, 5) is 21.2. The highest BCUT2D eigenvalue weighted by molar-refractivity contribution is 8.00. The van der Waals surface area contributed by atoms with Crippen LogP contribution in [0.15, 0.2) is 0 Å². The Hall–Kier alpha value is -0.710. The molecule has 0 rings (SSSR count). The summed E-state index contributed by atoms with van der Waals surface area (Å²) in [6, 6.07) is 0. The van der Waals surface area contributed by atoms with Crippen molar-refractivity contribution < 1.29 is 14.3 Å². The normalized spacial score (nSPS) is 9.62. The predicted molar refractivity (Wildman–Crippen MR) is 52.4 cm³/mol. The van der Waals surface area contributed by atoms with Gasteiger partial charge >= 0.3 is 5.97 Å². The van der Waals surface area contributed by atoms with E-state index >= 15 is 0 Å². The van der Waals surface area contributed by atoms with Crippen molar-refractivity contribution in [2.24, 2.45) is 5.73 Å². The molecule has 0 atom stereocenters. The highest BCUT2D eigenvalue weighted by Crippen LogP contribution is 2.00. The molecule has 0 unspecified atom stereocenters. The van der Waals surface area contributed by atoms with Crippen molar-refractivity contribution in [2.45, 2.75) is 19.8 Å². The van der Waals surface area contributed by atoms with Gasteiger partial charge in [-0.15, -0.1) is 11.8 Å². The number of primary amides is 1. The summed E-state index contributed by atoms with van der Waals surface area (Å²) in [6.07, 6.45) is 1.88. The lowest BCUT2D eigenvalue weighted by atomic mass is 10.4. The topological polar surface area (TPSA) is 69.4 Å². The van der Waals surface area contributed by atoms with E-state index in [1.54, 1.807) is 0 Å². The molecule has 0 saturated carbocycles. The molecule has 0 spiro atoms. The van der Waals surface area contributed by atoms with E-state index in [4.69, 9.17) is 10.5 Å². The van der Waals surface area contributed by atoms with Gasteiger partial charge in [-0.3, -0.25) is 9.59 Å². The lowest BCUT2D eigenvalue weighted by Gasteiger charge is -2.02. The number of esters is 1. The van der Waals surface area contributed by atoms with Gasteiger partial charge in [0.25, 0.3) is 0 Å². The predicted octanol–water partition coefficient (Wildman–Crippen LogP) is 0.548. The third-order valence-electron chi connectivity index (χ3n) is 1.23. The third kappa shape index (κ3) is 9.20. The van der Waals surface area contributed by atoms with E-state index in [0.29, 0.717) is 6.61 Å². The fourth-order valence-corrected chi connectivity index (χ4v) is 1.16. The van der Waals surface area contributed by atoms with Crippen molar-refractivity contribution in [3.05, 3.63) is 0 Å². The Bertz CT molecular complexity index is 173. The number of nitrogens with two attached hydrogens (primary N) is 1. The van der Waals surface area contributed by atoms with E-state index in [2.05, 4.69) is 0 Å². The number of carbonyl (C=O) groups is 2. The number of thioether (sulfide) groups is 1. The first-order chi connectivity index (χ1) is 6.16. The fourth-order valence-electron chi connectivity index (χ4n) is 0.607. The minimum absolute atomic E-state index is 0.170. The van der Waals surface area contributed by atoms with E-state index in [1.165, 1.54) is 11.8 Å². The second kappa shape index (κ2) is 7.91. The molecule has 2 N–H and O–H groups in total. The summed E-state index contributed by atoms with van der Waals surface area (Å²) in [7, 11) is 0. The highest BCUT2D eigenvalue weighted by Gasteiger charge is 2.03. The summed E-state index contributed by atoms with van der Waals surface area (Å²) in [6.45, 7) is 2.49. The van der Waals surface area contributed by atoms with Crippen LogP contribution in [0.1, 0.15) is 19.8 Å². The molecular formula is C8H15NO3S. The van der Waals surface area contributed by atoms with Crippen molar-refractivity contribution >= 4 is 23.6 Å². The van der Waals surface area contributed by atoms with Gasteiger partial charge in [-0.1, -0.05) is 13.3 Å². The Labute approximate surface area is 82.2 Å². The Morgan fingerprint density at radius 1 is 1.38 bits per heavy atom. The first-order valence-electron chi connectivity index (χ1n) is 4.18. The zero-order valence-corrected chi connectivity index (χ0v) is 8.56. The van der Waals surface area contributed by atoms with Crippen LogP contribution in [0.25, 0.3) is 0 Å². The van der Waals surface area contributed by atoms with Crippen LogP contribution in [0, 0.1) is 0 Å². The number of carbonyl (C=O) groups excluding carboxylic acids is 2. The summed E-state index contributed by atoms with van der Waals surface area (Å²) >= 11 is 1.18. The molecule has 0 aromatic heterocycles. The molecule has 76 valence electrons. The lowest BCUT2D eigenvalue weighted by Crippen LogP contribution is -2.16. The van der Waals surface area contributed by atoms with Gasteiger partial charge in [-0.25, -0.2) is 0 Å². The number of hydrogen-bond acceptors (Lipinski definition) is 4. The smallest absolute Gasteiger partial charge is 0.315 e. The molecule has 0 aromatic carbocycles. The van der Waals surface area contributed by atoms with Crippen molar-refractivity contribution in [1.82, 2.24) is 0 Å². The average Bonchev–Trinajstić information content (AvgIpc) is 2.04. The van der Waals surface area contributed by atoms with Gasteiger partial charge in [0, 0.05) is 0 Å². The van der Waals surface area contributed by atoms with Crippen LogP contribution >= 0.6 is 11.8 Å². The molecule has 1 amide bonds. The second-order valence-electron chi connectivity index (χ2n) is 2.53. The maximum Gasteiger partial charge on any atom is 0.315 e. The molecule has 0 aromatic rings. The molecule has 0 fully saturated rings. The Balaban J connectivity index is 3.25. The molecule has 0 aliphatic carbocycles. The number of unbranched alkanes of at least 4 members (excludes halogenated alkanes) is 1. The van der Waals surface area contributed by atoms with Crippen LogP contribution in [0.4, 0.5) is 0 Å². The molecule has 0 saturated heterocycles. The van der Waals surface area contributed by atoms with E-state index in [0.717, 1.165) is 12.8 Å². The number of ether oxygens (including phenoxy) is 1. The van der Waals surface area contributed by atoms with Crippen molar-refractivity contribution in [3.63, 3.8) is 0 Å². The minimum Gasteiger partial charge on any atom is -0.465 e. The summed E-state index contributed by atoms with van der Waals surface area (Å²) < 4.78 is 4.85. The van der Waals surface area contributed by atoms with Crippen LogP contribution in [0.3, 0.4) is 0 Å². The van der Waals surface area contributed by atoms with Crippen molar-refractivity contribution in [1.29, 1.82) is 0 Å². The molecule has 0 heterocycles. The van der Waals surface area contributed by atoms with Crippen molar-refractivity contribution in [3.8, 4) is 0 Å². The van der Waals surface area contributed by atoms with E-state index in [-0.39, 0.29) is 17.5 Å². The fraction of sp³-hybridized carbons (Fsp3) is 0.750. The second-order valence-corrected chi connectivity index (χ2v) is 3.52. The number of rotatable bonds is 7. The maximum absolute atomic E-state index is 10.9. The quantitative estimate of drug-likeness (QED) is 0.486. The highest BCUT2D eigenvalue weighted by atomic mass is 32.2. The van der Waals surface area contributed by atoms with Gasteiger partial charge in [0.1, 0.15) is 0 Å². The molecule has 4 nitrogen and oxygen atoms in total. The molecule has 0 aliphatic rings. The maximum atomic E-state index is 10.9. The summed E-state index contributed by atoms with van der Waals surface area (Å²) in [5, 5.41) is 0. The summed E-state index contributed by atoms with van der Waals surface area (Å²) in [5.74, 6) is -0.318. The van der Waals surface area contributed by atoms with Crippen LogP contribution in [0.2, 0.25) is 0 Å². The van der Waals surface area contributed by atoms with E-state index < -0.39 is 5.91 Å². The van der Waals surface area contributed by atoms with E-state index in [1.807, 2.05) is 6.92 Å². The Morgan fingerprint density at radius 2 is 2.08 bits per heavy atom. The van der Waals surface area contributed by atoms with Gasteiger partial charge in [0.05, 0.1) is 18.1 Å². The SMILES string of the molecule is CCCCOC(=O)CSCC(N)=O. The molecule has 0 radical (unpaired) electrons. The zero-order valence-electron chi connectivity index (χ0n) is 7.75. The first kappa shape index (κ1) is 12.3. The summed E-state index contributed by atoms with van der Waals surface area (Å²) in [5.41, 5.74) is 4.89. The van der Waals surface area contributed by atoms with Gasteiger partial charge in [0.15, 0.2) is 0 Å². The minimum atomic E-state index is -0.411. The number of amides is 1. The average molecular weight is 205 g/mol. The van der Waals surface area contributed by atoms with Gasteiger partial charge in [-0.2, -0.15) is 0 Å². The van der Waals surface area contributed by atoms with Gasteiger partial charge in [0.2, 0.25) is 5.91 Å². The van der Waals surface area contributed by atoms with Crippen molar-refractivity contribution in [2.75, 3.05) is 18.1 Å². The Morgan fingerprint density at radius 3 is 2.62 bits per heavy atom. The molecule has 5 heteroatoms. The lowest BCUT2D eigenvalue weighted by molar-refractivity contribution is -0.140. The molecule has 0 bridgehead atoms. The monoisotopic (exact) mass is 205 g/mol. The molecule has 13 heavy (non-hydrogen) atoms. The van der Waals surface area contributed by atoms with Crippen LogP contribution in [-0.2, 0) is 14.3 Å². The zero-order chi connectivity index (χ0) is 10.1.